The molecule has 35 heavy (non-hydrogen) atoms. The molecule has 184 valence electrons. The highest BCUT2D eigenvalue weighted by molar-refractivity contribution is 5.84. The molecule has 5 rings (SSSR count). The average molecular weight is 474 g/mol. The van der Waals surface area contributed by atoms with Crippen LogP contribution >= 0.6 is 0 Å². The topological polar surface area (TPSA) is 79.9 Å². The van der Waals surface area contributed by atoms with Gasteiger partial charge in [0.05, 0.1) is 12.0 Å². The van der Waals surface area contributed by atoms with E-state index in [4.69, 9.17) is 9.97 Å². The van der Waals surface area contributed by atoms with Crippen molar-refractivity contribution in [3.05, 3.63) is 54.6 Å². The van der Waals surface area contributed by atoms with Gasteiger partial charge in [0.15, 0.2) is 17.0 Å². The van der Waals surface area contributed by atoms with Gasteiger partial charge in [-0.3, -0.25) is 0 Å². The highest BCUT2D eigenvalue weighted by Gasteiger charge is 2.24. The largest absolute Gasteiger partial charge is 0.364 e. The first-order chi connectivity index (χ1) is 17.0. The molecule has 9 nitrogen and oxygen atoms in total. The zero-order valence-corrected chi connectivity index (χ0v) is 21.1. The van der Waals surface area contributed by atoms with Crippen molar-refractivity contribution in [3.8, 4) is 5.69 Å². The third-order valence-electron chi connectivity index (χ3n) is 6.68. The molecule has 1 fully saturated rings. The molecule has 1 N–H and O–H groups in total. The van der Waals surface area contributed by atoms with Crippen LogP contribution in [0.3, 0.4) is 0 Å². The van der Waals surface area contributed by atoms with E-state index < -0.39 is 0 Å². The number of rotatable bonds is 8. The summed E-state index contributed by atoms with van der Waals surface area (Å²) in [4.78, 5) is 19.3. The zero-order valence-electron chi connectivity index (χ0n) is 21.1. The monoisotopic (exact) mass is 473 g/mol. The van der Waals surface area contributed by atoms with Crippen molar-refractivity contribution >= 4 is 22.9 Å². The Balaban J connectivity index is 1.43. The van der Waals surface area contributed by atoms with Crippen LogP contribution in [0.2, 0.25) is 0 Å². The smallest absolute Gasteiger partial charge is 0.229 e. The molecule has 4 heterocycles. The summed E-state index contributed by atoms with van der Waals surface area (Å²) in [5, 5.41) is 7.98. The van der Waals surface area contributed by atoms with Crippen molar-refractivity contribution in [2.45, 2.75) is 39.3 Å². The Kier molecular flexibility index (Phi) is 6.68. The van der Waals surface area contributed by atoms with Crippen molar-refractivity contribution in [1.82, 2.24) is 34.2 Å². The van der Waals surface area contributed by atoms with E-state index in [0.717, 1.165) is 72.6 Å². The Labute approximate surface area is 206 Å². The minimum Gasteiger partial charge on any atom is -0.364 e. The number of piperidine rings is 1. The number of fused-ring (bicyclic) bond motifs is 1. The standard InChI is InChI=1S/C26H35N9/c1-19(2)34-18-28-23-24(27-16-21-8-5-6-9-22(21)35-13-7-12-29-35)30-26(31-25(23)34)33-14-10-20(11-15-33)17-32(3)4/h5-9,12-13,18-20H,10-11,14-17H2,1-4H3,(H,27,30,31). The first kappa shape index (κ1) is 23.3. The van der Waals surface area contributed by atoms with Gasteiger partial charge >= 0.3 is 0 Å². The fourth-order valence-electron chi connectivity index (χ4n) is 4.85. The first-order valence-corrected chi connectivity index (χ1v) is 12.5. The van der Waals surface area contributed by atoms with Crippen LogP contribution in [0.5, 0.6) is 0 Å². The molecular weight excluding hydrogens is 438 g/mol. The van der Waals surface area contributed by atoms with E-state index in [-0.39, 0.29) is 6.04 Å². The molecule has 0 amide bonds. The fraction of sp³-hybridized carbons (Fsp3) is 0.462. The predicted octanol–water partition coefficient (Wildman–Crippen LogP) is 3.98. The Morgan fingerprint density at radius 2 is 1.89 bits per heavy atom. The summed E-state index contributed by atoms with van der Waals surface area (Å²) in [5.74, 6) is 2.28. The lowest BCUT2D eigenvalue weighted by molar-refractivity contribution is 0.284. The molecule has 0 spiro atoms. The quantitative estimate of drug-likeness (QED) is 0.415. The van der Waals surface area contributed by atoms with E-state index >= 15 is 0 Å². The lowest BCUT2D eigenvalue weighted by Crippen LogP contribution is -2.38. The maximum Gasteiger partial charge on any atom is 0.229 e. The average Bonchev–Trinajstić information content (AvgIpc) is 3.53. The van der Waals surface area contributed by atoms with Crippen molar-refractivity contribution in [3.63, 3.8) is 0 Å². The molecule has 0 bridgehead atoms. The molecule has 0 unspecified atom stereocenters. The lowest BCUT2D eigenvalue weighted by Gasteiger charge is -2.33. The summed E-state index contributed by atoms with van der Waals surface area (Å²) in [6.45, 7) is 8.01. The Bertz CT molecular complexity index is 1250. The first-order valence-electron chi connectivity index (χ1n) is 12.5. The van der Waals surface area contributed by atoms with Gasteiger partial charge in [-0.25, -0.2) is 9.67 Å². The van der Waals surface area contributed by atoms with Gasteiger partial charge in [0.25, 0.3) is 0 Å². The van der Waals surface area contributed by atoms with E-state index in [1.165, 1.54) is 0 Å². The van der Waals surface area contributed by atoms with Gasteiger partial charge < -0.3 is 19.7 Å². The minimum atomic E-state index is 0.266. The summed E-state index contributed by atoms with van der Waals surface area (Å²) in [6.07, 6.45) is 7.95. The van der Waals surface area contributed by atoms with Gasteiger partial charge in [-0.2, -0.15) is 15.1 Å². The zero-order chi connectivity index (χ0) is 24.4. The van der Waals surface area contributed by atoms with Crippen LogP contribution in [0.25, 0.3) is 16.9 Å². The van der Waals surface area contributed by atoms with Crippen LogP contribution in [0.1, 0.15) is 38.3 Å². The van der Waals surface area contributed by atoms with Crippen LogP contribution in [-0.4, -0.2) is 67.9 Å². The van der Waals surface area contributed by atoms with Crippen LogP contribution in [0.15, 0.2) is 49.1 Å². The number of para-hydroxylation sites is 1. The van der Waals surface area contributed by atoms with E-state index in [9.17, 15) is 0 Å². The van der Waals surface area contributed by atoms with Gasteiger partial charge in [-0.15, -0.1) is 0 Å². The van der Waals surface area contributed by atoms with Crippen molar-refractivity contribution in [1.29, 1.82) is 0 Å². The number of aromatic nitrogens is 6. The van der Waals surface area contributed by atoms with Crippen LogP contribution < -0.4 is 10.2 Å². The minimum absolute atomic E-state index is 0.266. The van der Waals surface area contributed by atoms with Crippen LogP contribution in [-0.2, 0) is 6.54 Å². The summed E-state index contributed by atoms with van der Waals surface area (Å²) in [7, 11) is 4.30. The molecule has 0 atom stereocenters. The summed E-state index contributed by atoms with van der Waals surface area (Å²) in [6, 6.07) is 10.5. The number of nitrogens with one attached hydrogen (secondary N) is 1. The third kappa shape index (κ3) is 5.00. The summed E-state index contributed by atoms with van der Waals surface area (Å²) >= 11 is 0. The van der Waals surface area contributed by atoms with E-state index in [1.807, 2.05) is 29.3 Å². The van der Waals surface area contributed by atoms with Crippen molar-refractivity contribution < 1.29 is 0 Å². The number of hydrogen-bond acceptors (Lipinski definition) is 7. The van der Waals surface area contributed by atoms with Gasteiger partial charge in [0.2, 0.25) is 5.95 Å². The molecule has 3 aromatic heterocycles. The van der Waals surface area contributed by atoms with Crippen molar-refractivity contribution in [2.75, 3.05) is 43.9 Å². The predicted molar refractivity (Wildman–Crippen MR) is 140 cm³/mol. The number of imidazole rings is 1. The van der Waals surface area contributed by atoms with Crippen LogP contribution in [0, 0.1) is 5.92 Å². The molecule has 9 heteroatoms. The number of anilines is 2. The van der Waals surface area contributed by atoms with Gasteiger partial charge in [0.1, 0.15) is 0 Å². The normalized spacial score (nSPS) is 15.0. The van der Waals surface area contributed by atoms with Crippen LogP contribution in [0.4, 0.5) is 11.8 Å². The molecular formula is C26H35N9. The molecule has 4 aromatic rings. The Morgan fingerprint density at radius 3 is 2.60 bits per heavy atom. The number of nitrogens with zero attached hydrogens (tertiary/aromatic N) is 8. The lowest BCUT2D eigenvalue weighted by atomic mass is 9.97. The van der Waals surface area contributed by atoms with Gasteiger partial charge in [-0.1, -0.05) is 18.2 Å². The second-order valence-corrected chi connectivity index (χ2v) is 9.92. The summed E-state index contributed by atoms with van der Waals surface area (Å²) < 4.78 is 4.02. The molecule has 1 aromatic carbocycles. The van der Waals surface area contributed by atoms with E-state index in [1.54, 1.807) is 6.20 Å². The molecule has 0 saturated carbocycles. The van der Waals surface area contributed by atoms with E-state index in [2.05, 4.69) is 75.9 Å². The maximum absolute atomic E-state index is 4.99. The second-order valence-electron chi connectivity index (χ2n) is 9.92. The van der Waals surface area contributed by atoms with Gasteiger partial charge in [-0.05, 0) is 64.4 Å². The second kappa shape index (κ2) is 10.0. The Morgan fingerprint density at radius 1 is 1.09 bits per heavy atom. The number of hydrogen-bond donors (Lipinski definition) is 1. The molecule has 1 aliphatic heterocycles. The van der Waals surface area contributed by atoms with E-state index in [0.29, 0.717) is 6.54 Å². The molecule has 0 radical (unpaired) electrons. The summed E-state index contributed by atoms with van der Waals surface area (Å²) in [5.41, 5.74) is 3.87. The maximum atomic E-state index is 4.99. The highest BCUT2D eigenvalue weighted by Crippen LogP contribution is 2.28. The SMILES string of the molecule is CC(C)n1cnc2c(NCc3ccccc3-n3cccn3)nc(N3CCC(CN(C)C)CC3)nc21. The molecule has 0 aliphatic carbocycles. The Hall–Kier alpha value is -3.46. The number of benzene rings is 1. The van der Waals surface area contributed by atoms with Crippen molar-refractivity contribution in [2.24, 2.45) is 5.92 Å². The highest BCUT2D eigenvalue weighted by atomic mass is 15.3. The molecule has 1 saturated heterocycles. The molecule has 1 aliphatic rings. The van der Waals surface area contributed by atoms with Gasteiger partial charge in [0, 0.05) is 44.6 Å². The fourth-order valence-corrected chi connectivity index (χ4v) is 4.85. The third-order valence-corrected chi connectivity index (χ3v) is 6.68.